The van der Waals surface area contributed by atoms with Crippen LogP contribution in [0.5, 0.6) is 0 Å². The van der Waals surface area contributed by atoms with Gasteiger partial charge in [-0.3, -0.25) is 9.80 Å². The molecule has 6 rings (SSSR count). The van der Waals surface area contributed by atoms with E-state index >= 15 is 0 Å². The Labute approximate surface area is 456 Å². The number of benzene rings is 1. The molecule has 0 aromatic heterocycles. The minimum absolute atomic E-state index is 0.0935. The average Bonchev–Trinajstić information content (AvgIpc) is 4.09. The monoisotopic (exact) mass is 1100 g/mol. The van der Waals surface area contributed by atoms with Crippen LogP contribution in [0.2, 0.25) is 0 Å². The highest BCUT2D eigenvalue weighted by Gasteiger charge is 2.53. The van der Waals surface area contributed by atoms with E-state index in [0.29, 0.717) is 31.2 Å². The van der Waals surface area contributed by atoms with Gasteiger partial charge in [0.25, 0.3) is 0 Å². The first-order valence-electron chi connectivity index (χ1n) is 27.9. The number of hydrogen-bond donors (Lipinski definition) is 7. The third kappa shape index (κ3) is 14.8. The number of ether oxygens (including phenoxy) is 7. The molecule has 7 N–H and O–H groups in total. The Morgan fingerprint density at radius 1 is 0.961 bits per heavy atom. The summed E-state index contributed by atoms with van der Waals surface area (Å²) in [5.41, 5.74) is 3.48. The fourth-order valence-electron chi connectivity index (χ4n) is 12.5. The predicted octanol–water partition coefficient (Wildman–Crippen LogP) is 5.59. The van der Waals surface area contributed by atoms with E-state index in [1.165, 1.54) is 44.6 Å². The van der Waals surface area contributed by atoms with Crippen LogP contribution in [0.3, 0.4) is 0 Å². The number of nitrogens with one attached hydrogen (secondary N) is 2. The molecule has 1 aromatic rings. The highest BCUT2D eigenvalue weighted by Crippen LogP contribution is 2.41. The van der Waals surface area contributed by atoms with Gasteiger partial charge in [-0.1, -0.05) is 45.7 Å². The standard InChI is InChI=1S/C56H96FN5O13S/c1-15-44-56(10,68)49(64)36(6)61(12)30-32(2)27-54(8,67)51(34(4)47(35(5)52(66)73-44)74-45-28-55(9,70-14)50(65)37(7)72-45)75-53-46(63)42(26-33(3)71-53)60(11)25-24-39-31-62(59-58-39)43(29-57)48(69-13)38-20-22-41(23-21-38)76-40-18-16-17-19-40/h20-23,31-37,40,42-51,53,58-59,63-65,67-68H,15-19,24-30H2,1-14H3/t32-,33-,34+,35-,36-,37+,42+,43-,44-,45+,46-,47+,48-,49-,50+,51-,53+,54-,55-,56-/m1/s1. The van der Waals surface area contributed by atoms with Crippen molar-refractivity contribution in [3.05, 3.63) is 41.7 Å². The maximum absolute atomic E-state index is 15.0. The Morgan fingerprint density at radius 2 is 1.63 bits per heavy atom. The van der Waals surface area contributed by atoms with Gasteiger partial charge in [0.2, 0.25) is 0 Å². The number of carbonyl (C=O) groups is 1. The van der Waals surface area contributed by atoms with Gasteiger partial charge in [-0.05, 0) is 118 Å². The summed E-state index contributed by atoms with van der Waals surface area (Å²) in [5.74, 6) is -2.83. The number of nitrogens with zero attached hydrogens (tertiary/aromatic N) is 3. The SMILES string of the molecule is CC[C@H]1OC(=O)[C@H](C)[C@@H](O[C@H]2C[C@@](C)(OC)[C@@H](O)[C@H](C)O2)[C@H](C)[C@@H](O[C@@H]2O[C@H](C)C[C@H](N(C)CCC3=CN([C@H](CF)[C@H](OC)c4ccc(SC5CCCC5)cc4)NN3)[C@H]2O)[C@](C)(O)C[C@@H](C)CN(C)[C@H](C)[C@@H](O)[C@]1(C)O. The first-order valence-corrected chi connectivity index (χ1v) is 28.8. The number of likely N-dealkylation sites (N-methyl/N-ethyl adjacent to an activating group) is 2. The van der Waals surface area contributed by atoms with E-state index in [-0.39, 0.29) is 31.3 Å². The molecule has 1 aromatic carbocycles. The van der Waals surface area contributed by atoms with Gasteiger partial charge in [-0.25, -0.2) is 4.39 Å². The Morgan fingerprint density at radius 3 is 2.25 bits per heavy atom. The van der Waals surface area contributed by atoms with Gasteiger partial charge in [-0.15, -0.1) is 17.3 Å². The van der Waals surface area contributed by atoms with Crippen LogP contribution in [0, 0.1) is 17.8 Å². The number of esters is 1. The zero-order valence-corrected chi connectivity index (χ0v) is 48.7. The van der Waals surface area contributed by atoms with Crippen LogP contribution in [0.15, 0.2) is 41.1 Å². The van der Waals surface area contributed by atoms with Crippen molar-refractivity contribution in [3.63, 3.8) is 0 Å². The zero-order chi connectivity index (χ0) is 56.0. The fourth-order valence-corrected chi connectivity index (χ4v) is 13.8. The molecule has 0 unspecified atom stereocenters. The molecule has 18 nitrogen and oxygen atoms in total. The lowest BCUT2D eigenvalue weighted by atomic mass is 9.77. The molecule has 20 atom stereocenters. The zero-order valence-electron chi connectivity index (χ0n) is 47.9. The summed E-state index contributed by atoms with van der Waals surface area (Å²) in [7, 11) is 6.87. The average molecular weight is 1100 g/mol. The van der Waals surface area contributed by atoms with Crippen molar-refractivity contribution in [1.29, 1.82) is 0 Å². The number of cyclic esters (lactones) is 1. The molecule has 4 heterocycles. The minimum atomic E-state index is -1.85. The Balaban J connectivity index is 1.23. The summed E-state index contributed by atoms with van der Waals surface area (Å²) in [6.07, 6.45) is -2.38. The van der Waals surface area contributed by atoms with Crippen molar-refractivity contribution in [3.8, 4) is 0 Å². The molecule has 1 saturated carbocycles. The predicted molar refractivity (Wildman–Crippen MR) is 288 cm³/mol. The number of carbonyl (C=O) groups excluding carboxylic acids is 1. The molecule has 20 heteroatoms. The molecule has 436 valence electrons. The van der Waals surface area contributed by atoms with Crippen molar-refractivity contribution < 1.29 is 67.9 Å². The molecule has 0 spiro atoms. The second-order valence-electron chi connectivity index (χ2n) is 23.7. The molecule has 0 amide bonds. The van der Waals surface area contributed by atoms with Crippen molar-refractivity contribution >= 4 is 17.7 Å². The molecule has 4 aliphatic heterocycles. The molecular weight excluding hydrogens is 1000 g/mol. The summed E-state index contributed by atoms with van der Waals surface area (Å²) >= 11 is 1.91. The lowest BCUT2D eigenvalue weighted by molar-refractivity contribution is -0.318. The van der Waals surface area contributed by atoms with Gasteiger partial charge in [0.1, 0.15) is 48.8 Å². The first-order chi connectivity index (χ1) is 35.8. The number of aliphatic hydroxyl groups excluding tert-OH is 3. The van der Waals surface area contributed by atoms with Gasteiger partial charge >= 0.3 is 5.97 Å². The normalized spacial score (nSPS) is 40.8. The molecule has 4 fully saturated rings. The van der Waals surface area contributed by atoms with E-state index in [2.05, 4.69) is 28.0 Å². The van der Waals surface area contributed by atoms with Gasteiger partial charge < -0.3 is 73.9 Å². The number of alkyl halides is 1. The van der Waals surface area contributed by atoms with Crippen LogP contribution in [-0.4, -0.2) is 196 Å². The Bertz CT molecular complexity index is 2010. The minimum Gasteiger partial charge on any atom is -0.459 e. The number of hydrogen-bond acceptors (Lipinski definition) is 19. The lowest BCUT2D eigenvalue weighted by Gasteiger charge is -2.49. The number of halogens is 1. The molecule has 0 bridgehead atoms. The van der Waals surface area contributed by atoms with E-state index in [4.69, 9.17) is 33.2 Å². The van der Waals surface area contributed by atoms with E-state index in [1.54, 1.807) is 53.7 Å². The summed E-state index contributed by atoms with van der Waals surface area (Å²) in [6, 6.07) is 6.57. The topological polar surface area (TPSA) is 217 Å². The summed E-state index contributed by atoms with van der Waals surface area (Å²) in [6.45, 7) is 17.8. The van der Waals surface area contributed by atoms with Crippen LogP contribution in [0.1, 0.15) is 139 Å². The lowest BCUT2D eigenvalue weighted by Crippen LogP contribution is -2.61. The summed E-state index contributed by atoms with van der Waals surface area (Å²) in [4.78, 5) is 19.7. The molecule has 76 heavy (non-hydrogen) atoms. The van der Waals surface area contributed by atoms with Crippen molar-refractivity contribution in [2.45, 2.75) is 240 Å². The Kier molecular flexibility index (Phi) is 22.4. The van der Waals surface area contributed by atoms with Crippen molar-refractivity contribution in [2.24, 2.45) is 17.8 Å². The van der Waals surface area contributed by atoms with E-state index in [9.17, 15) is 34.7 Å². The van der Waals surface area contributed by atoms with Crippen LogP contribution in [-0.2, 0) is 38.0 Å². The smallest absolute Gasteiger partial charge is 0.311 e. The first kappa shape index (κ1) is 62.9. The molecule has 1 aliphatic carbocycles. The summed E-state index contributed by atoms with van der Waals surface area (Å²) in [5, 5.41) is 62.3. The molecule has 0 radical (unpaired) electrons. The van der Waals surface area contributed by atoms with Crippen LogP contribution in [0.4, 0.5) is 4.39 Å². The molecular formula is C56H96FN5O13S. The fraction of sp³-hybridized carbons (Fsp3) is 0.839. The highest BCUT2D eigenvalue weighted by molar-refractivity contribution is 8.00. The number of methoxy groups -OCH3 is 2. The van der Waals surface area contributed by atoms with Gasteiger partial charge in [-0.2, -0.15) is 0 Å². The van der Waals surface area contributed by atoms with Crippen molar-refractivity contribution in [1.82, 2.24) is 25.8 Å². The summed E-state index contributed by atoms with van der Waals surface area (Å²) < 4.78 is 59.3. The third-order valence-corrected chi connectivity index (χ3v) is 18.8. The maximum atomic E-state index is 15.0. The number of thioether (sulfide) groups is 1. The van der Waals surface area contributed by atoms with Crippen molar-refractivity contribution in [2.75, 3.05) is 48.1 Å². The van der Waals surface area contributed by atoms with Gasteiger partial charge in [0.05, 0.1) is 41.5 Å². The molecule has 3 saturated heterocycles. The third-order valence-electron chi connectivity index (χ3n) is 17.4. The molecule has 5 aliphatic rings. The van der Waals surface area contributed by atoms with Gasteiger partial charge in [0, 0.05) is 80.2 Å². The number of aliphatic hydroxyl groups is 5. The Hall–Kier alpha value is -2.25. The largest absolute Gasteiger partial charge is 0.459 e. The van der Waals surface area contributed by atoms with Crippen LogP contribution >= 0.6 is 11.8 Å². The number of rotatable bonds is 17. The second-order valence-corrected chi connectivity index (χ2v) is 25.1. The highest BCUT2D eigenvalue weighted by atomic mass is 32.2. The van der Waals surface area contributed by atoms with Crippen LogP contribution < -0.4 is 11.0 Å². The van der Waals surface area contributed by atoms with E-state index in [0.717, 1.165) is 11.3 Å². The van der Waals surface area contributed by atoms with Gasteiger partial charge in [0.15, 0.2) is 12.6 Å². The van der Waals surface area contributed by atoms with Crippen LogP contribution in [0.25, 0.3) is 0 Å². The van der Waals surface area contributed by atoms with E-state index in [1.807, 2.05) is 69.9 Å². The second kappa shape index (κ2) is 27.0. The van der Waals surface area contributed by atoms with E-state index < -0.39 is 121 Å². The quantitative estimate of drug-likeness (QED) is 0.0947. The number of hydrazine groups is 2. The maximum Gasteiger partial charge on any atom is 0.311 e.